The fourth-order valence-corrected chi connectivity index (χ4v) is 2.17. The van der Waals surface area contributed by atoms with Crippen LogP contribution in [0.4, 0.5) is 5.69 Å². The van der Waals surface area contributed by atoms with Gasteiger partial charge in [0.05, 0.1) is 0 Å². The second-order valence-corrected chi connectivity index (χ2v) is 3.85. The third kappa shape index (κ3) is 1.85. The standard InChI is InChI=1S/C7H9NO2Se/c1-2-10-7(9)6-5(8)3-4-11-6/h3-4H,2,8H2,1H3. The third-order valence-corrected chi connectivity index (χ3v) is 3.07. The van der Waals surface area contributed by atoms with Crippen LogP contribution in [0.1, 0.15) is 16.2 Å². The van der Waals surface area contributed by atoms with Gasteiger partial charge in [-0.1, -0.05) is 0 Å². The van der Waals surface area contributed by atoms with Gasteiger partial charge in [-0.2, -0.15) is 0 Å². The van der Waals surface area contributed by atoms with Gasteiger partial charge in [0, 0.05) is 0 Å². The number of hydrogen-bond donors (Lipinski definition) is 1. The van der Waals surface area contributed by atoms with E-state index in [2.05, 4.69) is 0 Å². The maximum atomic E-state index is 11.1. The summed E-state index contributed by atoms with van der Waals surface area (Å²) in [7, 11) is 0. The Morgan fingerprint density at radius 3 is 3.00 bits per heavy atom. The average Bonchev–Trinajstić information content (AvgIpc) is 2.36. The molecule has 0 amide bonds. The Balaban J connectivity index is 2.76. The van der Waals surface area contributed by atoms with Crippen LogP contribution < -0.4 is 5.73 Å². The summed E-state index contributed by atoms with van der Waals surface area (Å²) in [5, 5.41) is 0. The Labute approximate surface area is 70.9 Å². The molecule has 0 aliphatic heterocycles. The van der Waals surface area contributed by atoms with Crippen LogP contribution in [-0.4, -0.2) is 27.1 Å². The molecule has 0 spiro atoms. The minimum atomic E-state index is -0.269. The van der Waals surface area contributed by atoms with Crippen molar-refractivity contribution in [2.24, 2.45) is 0 Å². The van der Waals surface area contributed by atoms with Crippen molar-refractivity contribution in [1.82, 2.24) is 0 Å². The summed E-state index contributed by atoms with van der Waals surface area (Å²) in [6, 6.07) is 1.76. The second kappa shape index (κ2) is 3.60. The third-order valence-electron chi connectivity index (χ3n) is 1.16. The van der Waals surface area contributed by atoms with Crippen molar-refractivity contribution in [1.29, 1.82) is 0 Å². The first kappa shape index (κ1) is 8.37. The number of anilines is 1. The summed E-state index contributed by atoms with van der Waals surface area (Å²) < 4.78 is 5.43. The van der Waals surface area contributed by atoms with Crippen molar-refractivity contribution in [2.45, 2.75) is 6.92 Å². The molecular formula is C7H9NO2Se. The topological polar surface area (TPSA) is 52.3 Å². The van der Waals surface area contributed by atoms with E-state index in [9.17, 15) is 4.79 Å². The molecule has 1 aromatic rings. The normalized spacial score (nSPS) is 9.55. The van der Waals surface area contributed by atoms with E-state index < -0.39 is 0 Å². The number of nitrogens with two attached hydrogens (primary N) is 1. The number of hydrogen-bond acceptors (Lipinski definition) is 3. The van der Waals surface area contributed by atoms with Crippen molar-refractivity contribution in [3.63, 3.8) is 0 Å². The Bertz CT molecular complexity index is 257. The van der Waals surface area contributed by atoms with E-state index in [0.717, 1.165) is 0 Å². The van der Waals surface area contributed by atoms with Gasteiger partial charge in [0.25, 0.3) is 0 Å². The van der Waals surface area contributed by atoms with Crippen LogP contribution in [0.25, 0.3) is 0 Å². The molecule has 2 N–H and O–H groups in total. The predicted molar refractivity (Wildman–Crippen MR) is 43.8 cm³/mol. The molecule has 0 radical (unpaired) electrons. The molecular weight excluding hydrogens is 209 g/mol. The zero-order valence-corrected chi connectivity index (χ0v) is 7.88. The van der Waals surface area contributed by atoms with E-state index in [1.807, 2.05) is 4.94 Å². The molecule has 0 bridgehead atoms. The summed E-state index contributed by atoms with van der Waals surface area (Å²) in [6.45, 7) is 2.19. The summed E-state index contributed by atoms with van der Waals surface area (Å²) >= 11 is 0.0797. The summed E-state index contributed by atoms with van der Waals surface area (Å²) in [4.78, 5) is 13.0. The molecule has 0 saturated carbocycles. The number of rotatable bonds is 2. The Kier molecular flexibility index (Phi) is 2.74. The van der Waals surface area contributed by atoms with Crippen molar-refractivity contribution < 1.29 is 9.53 Å². The zero-order valence-electron chi connectivity index (χ0n) is 6.16. The molecule has 1 heterocycles. The first-order valence-corrected chi connectivity index (χ1v) is 5.10. The Morgan fingerprint density at radius 1 is 1.82 bits per heavy atom. The molecule has 0 saturated heterocycles. The van der Waals surface area contributed by atoms with Gasteiger partial charge in [-0.15, -0.1) is 0 Å². The zero-order chi connectivity index (χ0) is 8.27. The van der Waals surface area contributed by atoms with Crippen LogP contribution in [0.2, 0.25) is 0 Å². The summed E-state index contributed by atoms with van der Waals surface area (Å²) in [5.41, 5.74) is 6.08. The predicted octanol–water partition coefficient (Wildman–Crippen LogP) is 0.503. The molecule has 60 valence electrons. The van der Waals surface area contributed by atoms with Gasteiger partial charge in [-0.05, 0) is 0 Å². The molecule has 1 rings (SSSR count). The molecule has 11 heavy (non-hydrogen) atoms. The number of carbonyl (C=O) groups excluding carboxylic acids is 1. The van der Waals surface area contributed by atoms with E-state index in [1.54, 1.807) is 13.0 Å². The number of ether oxygens (including phenoxy) is 1. The Morgan fingerprint density at radius 2 is 2.55 bits per heavy atom. The van der Waals surface area contributed by atoms with Gasteiger partial charge in [-0.25, -0.2) is 0 Å². The summed E-state index contributed by atoms with van der Waals surface area (Å²) in [5.74, 6) is -0.269. The van der Waals surface area contributed by atoms with E-state index >= 15 is 0 Å². The molecule has 0 aliphatic rings. The van der Waals surface area contributed by atoms with E-state index in [4.69, 9.17) is 10.5 Å². The van der Waals surface area contributed by atoms with Gasteiger partial charge < -0.3 is 0 Å². The summed E-state index contributed by atoms with van der Waals surface area (Å²) in [6.07, 6.45) is 0. The fourth-order valence-electron chi connectivity index (χ4n) is 0.682. The fraction of sp³-hybridized carbons (Fsp3) is 0.286. The van der Waals surface area contributed by atoms with E-state index in [-0.39, 0.29) is 20.5 Å². The molecule has 0 atom stereocenters. The van der Waals surface area contributed by atoms with Crippen molar-refractivity contribution in [3.05, 3.63) is 15.4 Å². The van der Waals surface area contributed by atoms with Gasteiger partial charge in [0.2, 0.25) is 0 Å². The van der Waals surface area contributed by atoms with Crippen LogP contribution in [0, 0.1) is 0 Å². The number of carbonyl (C=O) groups is 1. The van der Waals surface area contributed by atoms with Gasteiger partial charge in [0.1, 0.15) is 0 Å². The first-order valence-electron chi connectivity index (χ1n) is 3.25. The SMILES string of the molecule is CCOC(=O)c1[se]ccc1N. The molecule has 0 unspecified atom stereocenters. The van der Waals surface area contributed by atoms with Gasteiger partial charge >= 0.3 is 70.4 Å². The molecule has 1 aromatic heterocycles. The molecule has 4 heteroatoms. The van der Waals surface area contributed by atoms with Crippen LogP contribution >= 0.6 is 0 Å². The minimum absolute atomic E-state index is 0.0797. The van der Waals surface area contributed by atoms with Crippen molar-refractivity contribution in [3.8, 4) is 0 Å². The molecule has 0 aromatic carbocycles. The average molecular weight is 218 g/mol. The second-order valence-electron chi connectivity index (χ2n) is 1.93. The van der Waals surface area contributed by atoms with Crippen LogP contribution in [0.5, 0.6) is 0 Å². The van der Waals surface area contributed by atoms with Crippen LogP contribution in [0.3, 0.4) is 0 Å². The van der Waals surface area contributed by atoms with Crippen LogP contribution in [0.15, 0.2) is 11.0 Å². The van der Waals surface area contributed by atoms with Gasteiger partial charge in [0.15, 0.2) is 0 Å². The monoisotopic (exact) mass is 219 g/mol. The molecule has 3 nitrogen and oxygen atoms in total. The van der Waals surface area contributed by atoms with Crippen molar-refractivity contribution >= 4 is 26.2 Å². The van der Waals surface area contributed by atoms with E-state index in [1.165, 1.54) is 0 Å². The Hall–Kier alpha value is -0.731. The number of nitrogen functional groups attached to an aromatic ring is 1. The maximum absolute atomic E-state index is 11.1. The van der Waals surface area contributed by atoms with E-state index in [0.29, 0.717) is 16.7 Å². The molecule has 0 aliphatic carbocycles. The van der Waals surface area contributed by atoms with Crippen LogP contribution in [-0.2, 0) is 4.74 Å². The number of esters is 1. The quantitative estimate of drug-likeness (QED) is 0.581. The van der Waals surface area contributed by atoms with Crippen molar-refractivity contribution in [2.75, 3.05) is 12.3 Å². The first-order chi connectivity index (χ1) is 5.25. The molecule has 0 fully saturated rings. The van der Waals surface area contributed by atoms with Gasteiger partial charge in [-0.3, -0.25) is 0 Å².